The minimum absolute atomic E-state index is 0.0486. The summed E-state index contributed by atoms with van der Waals surface area (Å²) in [6.45, 7) is 0. The van der Waals surface area contributed by atoms with Crippen molar-refractivity contribution in [3.8, 4) is 0 Å². The van der Waals surface area contributed by atoms with Gasteiger partial charge in [-0.15, -0.1) is 0 Å². The van der Waals surface area contributed by atoms with Crippen molar-refractivity contribution in [2.24, 2.45) is 0 Å². The van der Waals surface area contributed by atoms with E-state index in [9.17, 15) is 9.50 Å². The van der Waals surface area contributed by atoms with Crippen LogP contribution in [0.15, 0.2) is 39.4 Å². The second kappa shape index (κ2) is 6.31. The summed E-state index contributed by atoms with van der Waals surface area (Å²) in [5, 5.41) is 10.2. The van der Waals surface area contributed by atoms with Gasteiger partial charge in [0.25, 0.3) is 0 Å². The van der Waals surface area contributed by atoms with Crippen molar-refractivity contribution < 1.29 is 9.50 Å². The first-order valence-corrected chi connectivity index (χ1v) is 7.36. The summed E-state index contributed by atoms with van der Waals surface area (Å²) < 4.78 is 14.6. The van der Waals surface area contributed by atoms with E-state index in [0.29, 0.717) is 16.6 Å². The Morgan fingerprint density at radius 2 is 2.05 bits per heavy atom. The molecule has 1 N–H and O–H groups in total. The normalized spacial score (nSPS) is 12.5. The number of hydrogen-bond donors (Lipinski definition) is 1. The van der Waals surface area contributed by atoms with Crippen LogP contribution >= 0.6 is 43.5 Å². The maximum atomic E-state index is 13.0. The SMILES string of the molecule is OC(Cc1ccc(F)c(Cl)c1)c1ncc(Br)cc1Br. The first-order valence-electron chi connectivity index (χ1n) is 5.40. The minimum Gasteiger partial charge on any atom is -0.386 e. The third-order valence-corrected chi connectivity index (χ3v) is 3.92. The molecule has 2 nitrogen and oxygen atoms in total. The molecule has 2 aromatic rings. The monoisotopic (exact) mass is 407 g/mol. The Kier molecular flexibility index (Phi) is 4.95. The van der Waals surface area contributed by atoms with Crippen LogP contribution < -0.4 is 0 Å². The van der Waals surface area contributed by atoms with Crippen LogP contribution in [0.25, 0.3) is 0 Å². The van der Waals surface area contributed by atoms with E-state index in [1.54, 1.807) is 12.3 Å². The maximum absolute atomic E-state index is 13.0. The van der Waals surface area contributed by atoms with Crippen LogP contribution in [0.3, 0.4) is 0 Å². The number of rotatable bonds is 3. The zero-order valence-electron chi connectivity index (χ0n) is 9.58. The fourth-order valence-electron chi connectivity index (χ4n) is 1.66. The highest BCUT2D eigenvalue weighted by atomic mass is 79.9. The van der Waals surface area contributed by atoms with E-state index in [1.807, 2.05) is 6.07 Å². The lowest BCUT2D eigenvalue weighted by Gasteiger charge is -2.12. The Balaban J connectivity index is 2.20. The number of benzene rings is 1. The predicted molar refractivity (Wildman–Crippen MR) is 79.7 cm³/mol. The van der Waals surface area contributed by atoms with Gasteiger partial charge >= 0.3 is 0 Å². The molecule has 1 aromatic heterocycles. The third kappa shape index (κ3) is 3.75. The maximum Gasteiger partial charge on any atom is 0.141 e. The molecular formula is C13H9Br2ClFNO. The minimum atomic E-state index is -0.788. The van der Waals surface area contributed by atoms with Gasteiger partial charge in [0, 0.05) is 21.6 Å². The molecule has 0 aliphatic heterocycles. The fraction of sp³-hybridized carbons (Fsp3) is 0.154. The number of aliphatic hydroxyl groups excluding tert-OH is 1. The molecule has 19 heavy (non-hydrogen) atoms. The largest absolute Gasteiger partial charge is 0.386 e. The average Bonchev–Trinajstić information content (AvgIpc) is 2.33. The summed E-state index contributed by atoms with van der Waals surface area (Å²) in [6.07, 6.45) is 1.14. The smallest absolute Gasteiger partial charge is 0.141 e. The lowest BCUT2D eigenvalue weighted by Crippen LogP contribution is -2.05. The van der Waals surface area contributed by atoms with E-state index in [2.05, 4.69) is 36.8 Å². The highest BCUT2D eigenvalue weighted by Crippen LogP contribution is 2.27. The van der Waals surface area contributed by atoms with Crippen LogP contribution in [-0.4, -0.2) is 10.1 Å². The predicted octanol–water partition coefficient (Wildman–Crippen LogP) is 4.68. The van der Waals surface area contributed by atoms with Crippen molar-refractivity contribution >= 4 is 43.5 Å². The van der Waals surface area contributed by atoms with Gasteiger partial charge in [0.1, 0.15) is 11.9 Å². The van der Waals surface area contributed by atoms with Gasteiger partial charge in [0.05, 0.1) is 10.7 Å². The molecule has 0 fully saturated rings. The Morgan fingerprint density at radius 1 is 1.32 bits per heavy atom. The molecule has 0 saturated carbocycles. The van der Waals surface area contributed by atoms with E-state index in [0.717, 1.165) is 10.0 Å². The number of nitrogens with zero attached hydrogens (tertiary/aromatic N) is 1. The van der Waals surface area contributed by atoms with Gasteiger partial charge < -0.3 is 5.11 Å². The number of aromatic nitrogens is 1. The van der Waals surface area contributed by atoms with E-state index < -0.39 is 11.9 Å². The van der Waals surface area contributed by atoms with Gasteiger partial charge in [-0.3, -0.25) is 4.98 Å². The summed E-state index contributed by atoms with van der Waals surface area (Å²) in [5.74, 6) is -0.470. The van der Waals surface area contributed by atoms with Gasteiger partial charge in [-0.25, -0.2) is 4.39 Å². The van der Waals surface area contributed by atoms with Crippen LogP contribution in [0.5, 0.6) is 0 Å². The highest BCUT2D eigenvalue weighted by Gasteiger charge is 2.14. The first kappa shape index (κ1) is 14.9. The molecule has 0 bridgehead atoms. The van der Waals surface area contributed by atoms with Crippen molar-refractivity contribution in [3.05, 3.63) is 61.5 Å². The Hall–Kier alpha value is -0.490. The molecule has 1 aromatic carbocycles. The van der Waals surface area contributed by atoms with Gasteiger partial charge in [-0.1, -0.05) is 17.7 Å². The second-order valence-corrected chi connectivity index (χ2v) is 6.17. The van der Waals surface area contributed by atoms with E-state index in [1.165, 1.54) is 12.1 Å². The molecular weight excluding hydrogens is 400 g/mol. The topological polar surface area (TPSA) is 33.1 Å². The zero-order chi connectivity index (χ0) is 14.0. The Bertz CT molecular complexity index is 609. The van der Waals surface area contributed by atoms with Gasteiger partial charge in [0.15, 0.2) is 0 Å². The molecule has 6 heteroatoms. The highest BCUT2D eigenvalue weighted by molar-refractivity contribution is 9.11. The van der Waals surface area contributed by atoms with Crippen molar-refractivity contribution in [2.45, 2.75) is 12.5 Å². The first-order chi connectivity index (χ1) is 8.97. The lowest BCUT2D eigenvalue weighted by molar-refractivity contribution is 0.172. The molecule has 1 unspecified atom stereocenters. The van der Waals surface area contributed by atoms with Crippen LogP contribution in [0.1, 0.15) is 17.4 Å². The molecule has 0 aliphatic rings. The molecule has 0 aliphatic carbocycles. The summed E-state index contributed by atoms with van der Waals surface area (Å²) in [5.41, 5.74) is 1.28. The molecule has 1 atom stereocenters. The van der Waals surface area contributed by atoms with Crippen molar-refractivity contribution in [2.75, 3.05) is 0 Å². The second-order valence-electron chi connectivity index (χ2n) is 3.99. The van der Waals surface area contributed by atoms with Crippen LogP contribution in [0.4, 0.5) is 4.39 Å². The van der Waals surface area contributed by atoms with Crippen LogP contribution in [0, 0.1) is 5.82 Å². The van der Waals surface area contributed by atoms with Gasteiger partial charge in [-0.2, -0.15) is 0 Å². The Morgan fingerprint density at radius 3 is 2.68 bits per heavy atom. The number of aliphatic hydroxyl groups is 1. The molecule has 0 spiro atoms. The molecule has 0 amide bonds. The molecule has 100 valence electrons. The van der Waals surface area contributed by atoms with E-state index in [4.69, 9.17) is 11.6 Å². The Labute approximate surface area is 131 Å². The lowest BCUT2D eigenvalue weighted by atomic mass is 10.1. The summed E-state index contributed by atoms with van der Waals surface area (Å²) in [4.78, 5) is 4.16. The number of hydrogen-bond acceptors (Lipinski definition) is 2. The molecule has 1 heterocycles. The van der Waals surface area contributed by atoms with Gasteiger partial charge in [-0.05, 0) is 55.6 Å². The van der Waals surface area contributed by atoms with Crippen LogP contribution in [-0.2, 0) is 6.42 Å². The van der Waals surface area contributed by atoms with Crippen molar-refractivity contribution in [3.63, 3.8) is 0 Å². The summed E-state index contributed by atoms with van der Waals surface area (Å²) in [7, 11) is 0. The average molecular weight is 409 g/mol. The molecule has 0 saturated heterocycles. The fourth-order valence-corrected chi connectivity index (χ4v) is 3.11. The van der Waals surface area contributed by atoms with Gasteiger partial charge in [0.2, 0.25) is 0 Å². The van der Waals surface area contributed by atoms with E-state index >= 15 is 0 Å². The molecule has 2 rings (SSSR count). The van der Waals surface area contributed by atoms with Crippen molar-refractivity contribution in [1.29, 1.82) is 0 Å². The summed E-state index contributed by atoms with van der Waals surface area (Å²) >= 11 is 12.4. The third-order valence-electron chi connectivity index (χ3n) is 2.56. The van der Waals surface area contributed by atoms with Crippen molar-refractivity contribution in [1.82, 2.24) is 4.98 Å². The van der Waals surface area contributed by atoms with E-state index in [-0.39, 0.29) is 5.02 Å². The number of pyridine rings is 1. The quantitative estimate of drug-likeness (QED) is 0.799. The van der Waals surface area contributed by atoms with Crippen LogP contribution in [0.2, 0.25) is 5.02 Å². The zero-order valence-corrected chi connectivity index (χ0v) is 13.5. The standard InChI is InChI=1S/C13H9Br2ClFNO/c14-8-5-9(15)13(18-6-8)12(19)4-7-1-2-11(17)10(16)3-7/h1-3,5-6,12,19H,4H2. The number of halogens is 4. The summed E-state index contributed by atoms with van der Waals surface area (Å²) in [6, 6.07) is 6.20. The molecule has 0 radical (unpaired) electrons.